The fourth-order valence-electron chi connectivity index (χ4n) is 2.58. The zero-order valence-corrected chi connectivity index (χ0v) is 12.2. The molecule has 1 saturated heterocycles. The van der Waals surface area contributed by atoms with Crippen molar-refractivity contribution in [1.82, 2.24) is 4.90 Å². The van der Waals surface area contributed by atoms with Gasteiger partial charge in [-0.2, -0.15) is 13.2 Å². The van der Waals surface area contributed by atoms with Gasteiger partial charge in [-0.3, -0.25) is 4.79 Å². The fourth-order valence-corrected chi connectivity index (χ4v) is 2.58. The number of hydrogen-bond donors (Lipinski definition) is 0. The second-order valence-corrected chi connectivity index (χ2v) is 5.49. The number of anilines is 1. The van der Waals surface area contributed by atoms with E-state index >= 15 is 0 Å². The number of likely N-dealkylation sites (tertiary alicyclic amines) is 1. The van der Waals surface area contributed by atoms with Crippen LogP contribution in [0.2, 0.25) is 0 Å². The molecule has 0 bridgehead atoms. The van der Waals surface area contributed by atoms with Crippen LogP contribution in [-0.2, 0) is 0 Å². The summed E-state index contributed by atoms with van der Waals surface area (Å²) in [6, 6.07) is 4.98. The largest absolute Gasteiger partial charge is 0.408 e. The SMILES string of the molecule is CN(C)c1ccc(C(=O)N2CCCCC2C(F)(F)F)cc1. The van der Waals surface area contributed by atoms with Crippen LogP contribution >= 0.6 is 0 Å². The molecule has 0 aliphatic carbocycles. The summed E-state index contributed by atoms with van der Waals surface area (Å²) in [6.07, 6.45) is -3.24. The van der Waals surface area contributed by atoms with Crippen molar-refractivity contribution in [2.45, 2.75) is 31.5 Å². The molecule has 0 N–H and O–H groups in total. The summed E-state index contributed by atoms with van der Waals surface area (Å²) >= 11 is 0. The third-order valence-corrected chi connectivity index (χ3v) is 3.77. The standard InChI is InChI=1S/C15H19F3N2O/c1-19(2)12-8-6-11(7-9-12)14(21)20-10-4-3-5-13(20)15(16,17)18/h6-9,13H,3-5,10H2,1-2H3. The van der Waals surface area contributed by atoms with Gasteiger partial charge < -0.3 is 9.80 Å². The molecule has 6 heteroatoms. The van der Waals surface area contributed by atoms with Crippen LogP contribution in [0.5, 0.6) is 0 Å². The van der Waals surface area contributed by atoms with Gasteiger partial charge in [-0.1, -0.05) is 0 Å². The van der Waals surface area contributed by atoms with Crippen LogP contribution in [0.25, 0.3) is 0 Å². The predicted molar refractivity (Wildman–Crippen MR) is 75.5 cm³/mol. The van der Waals surface area contributed by atoms with Gasteiger partial charge in [0.1, 0.15) is 6.04 Å². The van der Waals surface area contributed by atoms with Gasteiger partial charge in [0.05, 0.1) is 0 Å². The normalized spacial score (nSPS) is 19.5. The molecule has 1 amide bonds. The number of benzene rings is 1. The Balaban J connectivity index is 2.20. The smallest absolute Gasteiger partial charge is 0.378 e. The zero-order valence-electron chi connectivity index (χ0n) is 12.2. The maximum atomic E-state index is 13.0. The number of carbonyl (C=O) groups excluding carboxylic acids is 1. The first kappa shape index (κ1) is 15.7. The number of amides is 1. The molecular formula is C15H19F3N2O. The maximum absolute atomic E-state index is 13.0. The lowest BCUT2D eigenvalue weighted by Crippen LogP contribution is -2.51. The van der Waals surface area contributed by atoms with Gasteiger partial charge in [0.25, 0.3) is 5.91 Å². The highest BCUT2D eigenvalue weighted by molar-refractivity contribution is 5.95. The summed E-state index contributed by atoms with van der Waals surface area (Å²) in [5.74, 6) is -0.540. The van der Waals surface area contributed by atoms with Gasteiger partial charge in [0.2, 0.25) is 0 Å². The fraction of sp³-hybridized carbons (Fsp3) is 0.533. The quantitative estimate of drug-likeness (QED) is 0.836. The Hall–Kier alpha value is -1.72. The Kier molecular flexibility index (Phi) is 4.44. The highest BCUT2D eigenvalue weighted by Gasteiger charge is 2.46. The first-order valence-corrected chi connectivity index (χ1v) is 6.96. The van der Waals surface area contributed by atoms with Crippen molar-refractivity contribution in [3.8, 4) is 0 Å². The van der Waals surface area contributed by atoms with Gasteiger partial charge in [0, 0.05) is 31.9 Å². The molecule has 1 aliphatic heterocycles. The van der Waals surface area contributed by atoms with Gasteiger partial charge in [-0.25, -0.2) is 0 Å². The molecule has 116 valence electrons. The third kappa shape index (κ3) is 3.49. The molecule has 0 saturated carbocycles. The van der Waals surface area contributed by atoms with E-state index in [1.54, 1.807) is 24.3 Å². The molecule has 1 aliphatic rings. The van der Waals surface area contributed by atoms with Crippen molar-refractivity contribution in [2.24, 2.45) is 0 Å². The molecule has 1 heterocycles. The second-order valence-electron chi connectivity index (χ2n) is 5.49. The van der Waals surface area contributed by atoms with E-state index < -0.39 is 18.1 Å². The first-order valence-electron chi connectivity index (χ1n) is 6.96. The summed E-state index contributed by atoms with van der Waals surface area (Å²) in [5.41, 5.74) is 1.20. The average molecular weight is 300 g/mol. The molecule has 1 aromatic rings. The minimum atomic E-state index is -4.36. The van der Waals surface area contributed by atoms with Gasteiger partial charge >= 0.3 is 6.18 Å². The van der Waals surface area contributed by atoms with Crippen molar-refractivity contribution in [3.63, 3.8) is 0 Å². The zero-order chi connectivity index (χ0) is 15.6. The van der Waals surface area contributed by atoms with Crippen LogP contribution in [0, 0.1) is 0 Å². The van der Waals surface area contributed by atoms with E-state index in [0.29, 0.717) is 18.4 Å². The minimum Gasteiger partial charge on any atom is -0.378 e. The number of alkyl halides is 3. The van der Waals surface area contributed by atoms with Crippen LogP contribution in [0.3, 0.4) is 0 Å². The Labute approximate surface area is 122 Å². The lowest BCUT2D eigenvalue weighted by molar-refractivity contribution is -0.183. The molecule has 1 fully saturated rings. The molecule has 0 radical (unpaired) electrons. The average Bonchev–Trinajstić information content (AvgIpc) is 2.45. The van der Waals surface area contributed by atoms with E-state index in [1.165, 1.54) is 0 Å². The Bertz CT molecular complexity index is 497. The number of rotatable bonds is 2. The Morgan fingerprint density at radius 3 is 2.33 bits per heavy atom. The number of nitrogens with zero attached hydrogens (tertiary/aromatic N) is 2. The molecule has 1 aromatic carbocycles. The summed E-state index contributed by atoms with van der Waals surface area (Å²) in [7, 11) is 3.72. The number of piperidine rings is 1. The molecule has 21 heavy (non-hydrogen) atoms. The van der Waals surface area contributed by atoms with E-state index in [4.69, 9.17) is 0 Å². The highest BCUT2D eigenvalue weighted by Crippen LogP contribution is 2.32. The second kappa shape index (κ2) is 5.95. The van der Waals surface area contributed by atoms with Gasteiger partial charge in [-0.05, 0) is 43.5 Å². The summed E-state index contributed by atoms with van der Waals surface area (Å²) in [5, 5.41) is 0. The van der Waals surface area contributed by atoms with Gasteiger partial charge in [0.15, 0.2) is 0 Å². The number of halogens is 3. The molecule has 1 atom stereocenters. The van der Waals surface area contributed by atoms with Crippen molar-refractivity contribution >= 4 is 11.6 Å². The summed E-state index contributed by atoms with van der Waals surface area (Å²) < 4.78 is 39.1. The van der Waals surface area contributed by atoms with E-state index in [0.717, 1.165) is 10.6 Å². The Morgan fingerprint density at radius 2 is 1.81 bits per heavy atom. The topological polar surface area (TPSA) is 23.6 Å². The van der Waals surface area contributed by atoms with Crippen molar-refractivity contribution in [2.75, 3.05) is 25.5 Å². The third-order valence-electron chi connectivity index (χ3n) is 3.77. The van der Waals surface area contributed by atoms with Crippen LogP contribution in [0.4, 0.5) is 18.9 Å². The molecular weight excluding hydrogens is 281 g/mol. The number of carbonyl (C=O) groups is 1. The van der Waals surface area contributed by atoms with Crippen LogP contribution in [0.15, 0.2) is 24.3 Å². The summed E-state index contributed by atoms with van der Waals surface area (Å²) in [6.45, 7) is 0.165. The summed E-state index contributed by atoms with van der Waals surface area (Å²) in [4.78, 5) is 15.2. The lowest BCUT2D eigenvalue weighted by Gasteiger charge is -2.36. The minimum absolute atomic E-state index is 0.00891. The number of hydrogen-bond acceptors (Lipinski definition) is 2. The van der Waals surface area contributed by atoms with Crippen LogP contribution < -0.4 is 4.90 Å². The Morgan fingerprint density at radius 1 is 1.19 bits per heavy atom. The molecule has 3 nitrogen and oxygen atoms in total. The van der Waals surface area contributed by atoms with Crippen LogP contribution in [0.1, 0.15) is 29.6 Å². The van der Waals surface area contributed by atoms with E-state index in [1.807, 2.05) is 19.0 Å². The molecule has 1 unspecified atom stereocenters. The lowest BCUT2D eigenvalue weighted by atomic mass is 10.00. The molecule has 0 aromatic heterocycles. The molecule has 2 rings (SSSR count). The van der Waals surface area contributed by atoms with E-state index in [-0.39, 0.29) is 13.0 Å². The van der Waals surface area contributed by atoms with E-state index in [2.05, 4.69) is 0 Å². The predicted octanol–water partition coefficient (Wildman–Crippen LogP) is 3.31. The van der Waals surface area contributed by atoms with Gasteiger partial charge in [-0.15, -0.1) is 0 Å². The first-order chi connectivity index (χ1) is 9.80. The van der Waals surface area contributed by atoms with Crippen molar-refractivity contribution in [1.29, 1.82) is 0 Å². The van der Waals surface area contributed by atoms with E-state index in [9.17, 15) is 18.0 Å². The van der Waals surface area contributed by atoms with Crippen molar-refractivity contribution < 1.29 is 18.0 Å². The molecule has 0 spiro atoms. The monoisotopic (exact) mass is 300 g/mol. The highest BCUT2D eigenvalue weighted by atomic mass is 19.4. The maximum Gasteiger partial charge on any atom is 0.408 e. The van der Waals surface area contributed by atoms with Crippen molar-refractivity contribution in [3.05, 3.63) is 29.8 Å². The van der Waals surface area contributed by atoms with Crippen LogP contribution in [-0.4, -0.2) is 43.7 Å².